The van der Waals surface area contributed by atoms with Crippen LogP contribution in [-0.2, 0) is 11.8 Å². The molecule has 0 aromatic carbocycles. The normalized spacial score (nSPS) is 22.1. The average Bonchev–Trinajstić information content (AvgIpc) is 2.99. The highest BCUT2D eigenvalue weighted by Crippen LogP contribution is 2.45. The van der Waals surface area contributed by atoms with Crippen molar-refractivity contribution in [2.45, 2.75) is 31.1 Å². The van der Waals surface area contributed by atoms with Crippen LogP contribution in [0.2, 0.25) is 0 Å². The monoisotopic (exact) mass is 340 g/mol. The fourth-order valence-electron chi connectivity index (χ4n) is 4.14. The fraction of sp³-hybridized carbons (Fsp3) is 0.556. The van der Waals surface area contributed by atoms with E-state index < -0.39 is 0 Å². The van der Waals surface area contributed by atoms with Crippen LogP contribution in [0.1, 0.15) is 30.5 Å². The zero-order chi connectivity index (χ0) is 17.4. The molecule has 1 unspecified atom stereocenters. The highest BCUT2D eigenvalue weighted by Gasteiger charge is 2.44. The molecule has 0 amide bonds. The Morgan fingerprint density at radius 3 is 2.80 bits per heavy atom. The summed E-state index contributed by atoms with van der Waals surface area (Å²) in [6, 6.07) is 0. The van der Waals surface area contributed by atoms with Crippen molar-refractivity contribution in [3.8, 4) is 5.88 Å². The number of methoxy groups -OCH3 is 1. The lowest BCUT2D eigenvalue weighted by molar-refractivity contribution is 0.328. The van der Waals surface area contributed by atoms with E-state index in [9.17, 15) is 0 Å². The third-order valence-electron chi connectivity index (χ3n) is 5.34. The molecule has 1 saturated heterocycles. The molecule has 0 radical (unpaired) electrons. The number of rotatable bonds is 3. The molecule has 2 aliphatic rings. The topological polar surface area (TPSA) is 67.3 Å². The quantitative estimate of drug-likeness (QED) is 0.844. The van der Waals surface area contributed by atoms with Gasteiger partial charge in [-0.2, -0.15) is 0 Å². The van der Waals surface area contributed by atoms with Crippen LogP contribution in [0.4, 0.5) is 11.8 Å². The maximum absolute atomic E-state index is 5.42. The highest BCUT2D eigenvalue weighted by molar-refractivity contribution is 5.50. The second-order valence-corrected chi connectivity index (χ2v) is 7.13. The van der Waals surface area contributed by atoms with Crippen molar-refractivity contribution in [3.05, 3.63) is 29.8 Å². The summed E-state index contributed by atoms with van der Waals surface area (Å²) < 4.78 is 5.42. The lowest BCUT2D eigenvalue weighted by atomic mass is 9.77. The van der Waals surface area contributed by atoms with Crippen molar-refractivity contribution in [1.29, 1.82) is 0 Å². The van der Waals surface area contributed by atoms with Gasteiger partial charge < -0.3 is 14.5 Å². The van der Waals surface area contributed by atoms with E-state index in [-0.39, 0.29) is 5.41 Å². The van der Waals surface area contributed by atoms with Crippen molar-refractivity contribution >= 4 is 11.8 Å². The molecule has 0 N–H and O–H groups in total. The lowest BCUT2D eigenvalue weighted by Crippen LogP contribution is -2.46. The minimum absolute atomic E-state index is 0.0732. The van der Waals surface area contributed by atoms with Gasteiger partial charge in [-0.3, -0.25) is 0 Å². The maximum Gasteiger partial charge on any atom is 0.257 e. The third kappa shape index (κ3) is 2.67. The number of aromatic nitrogens is 4. The van der Waals surface area contributed by atoms with Gasteiger partial charge in [0.2, 0.25) is 5.95 Å². The Kier molecular flexibility index (Phi) is 3.94. The van der Waals surface area contributed by atoms with Crippen LogP contribution in [0.3, 0.4) is 0 Å². The first kappa shape index (κ1) is 16.1. The molecule has 2 aromatic rings. The molecule has 4 rings (SSSR count). The Morgan fingerprint density at radius 2 is 2.00 bits per heavy atom. The first-order valence-corrected chi connectivity index (χ1v) is 8.77. The summed E-state index contributed by atoms with van der Waals surface area (Å²) in [6.45, 7) is 1.87. The van der Waals surface area contributed by atoms with Crippen molar-refractivity contribution in [1.82, 2.24) is 19.9 Å². The van der Waals surface area contributed by atoms with E-state index in [0.29, 0.717) is 5.88 Å². The Bertz CT molecular complexity index is 776. The molecule has 7 nitrogen and oxygen atoms in total. The van der Waals surface area contributed by atoms with Gasteiger partial charge in [0.05, 0.1) is 12.8 Å². The molecule has 25 heavy (non-hydrogen) atoms. The van der Waals surface area contributed by atoms with E-state index in [1.165, 1.54) is 11.3 Å². The van der Waals surface area contributed by atoms with E-state index in [1.807, 2.05) is 25.2 Å². The van der Waals surface area contributed by atoms with E-state index in [0.717, 1.165) is 50.5 Å². The lowest BCUT2D eigenvalue weighted by Gasteiger charge is -2.41. The van der Waals surface area contributed by atoms with Crippen molar-refractivity contribution < 1.29 is 4.74 Å². The predicted molar refractivity (Wildman–Crippen MR) is 96.4 cm³/mol. The van der Waals surface area contributed by atoms with Crippen LogP contribution >= 0.6 is 0 Å². The number of hydrogen-bond donors (Lipinski definition) is 0. The number of anilines is 2. The number of aryl methyl sites for hydroxylation is 1. The van der Waals surface area contributed by atoms with Crippen molar-refractivity contribution in [2.75, 3.05) is 44.1 Å². The van der Waals surface area contributed by atoms with Crippen LogP contribution in [0.25, 0.3) is 0 Å². The van der Waals surface area contributed by atoms with Crippen LogP contribution in [0.15, 0.2) is 18.6 Å². The molecule has 3 heterocycles. The Balaban J connectivity index is 1.70. The number of piperidine rings is 1. The van der Waals surface area contributed by atoms with Crippen molar-refractivity contribution in [2.24, 2.45) is 0 Å². The molecule has 1 aliphatic carbocycles. The zero-order valence-electron chi connectivity index (χ0n) is 15.1. The van der Waals surface area contributed by atoms with Gasteiger partial charge in [-0.25, -0.2) is 19.9 Å². The number of hydrogen-bond acceptors (Lipinski definition) is 7. The summed E-state index contributed by atoms with van der Waals surface area (Å²) in [7, 11) is 5.62. The third-order valence-corrected chi connectivity index (χ3v) is 5.34. The molecule has 2 aromatic heterocycles. The second-order valence-electron chi connectivity index (χ2n) is 7.13. The highest BCUT2D eigenvalue weighted by atomic mass is 16.5. The fourth-order valence-corrected chi connectivity index (χ4v) is 4.14. The van der Waals surface area contributed by atoms with Crippen LogP contribution in [-0.4, -0.2) is 54.2 Å². The Morgan fingerprint density at radius 1 is 1.16 bits per heavy atom. The SMILES string of the molecule is COc1nccnc1N1CCCC2(CCc3cnc(N(C)C)nc32)C1. The van der Waals surface area contributed by atoms with Gasteiger partial charge in [0.1, 0.15) is 0 Å². The molecule has 7 heteroatoms. The molecule has 1 spiro atoms. The van der Waals surface area contributed by atoms with Crippen molar-refractivity contribution in [3.63, 3.8) is 0 Å². The molecule has 0 saturated carbocycles. The molecule has 132 valence electrons. The summed E-state index contributed by atoms with van der Waals surface area (Å²) in [5.74, 6) is 2.21. The van der Waals surface area contributed by atoms with Gasteiger partial charge in [0.25, 0.3) is 5.88 Å². The standard InChI is InChI=1S/C18H24N6O/c1-23(2)17-21-11-13-5-7-18(14(13)22-17)6-4-10-24(12-18)15-16(25-3)20-9-8-19-15/h8-9,11H,4-7,10,12H2,1-3H3. The molecular formula is C18H24N6O. The van der Waals surface area contributed by atoms with Gasteiger partial charge in [-0.15, -0.1) is 0 Å². The molecular weight excluding hydrogens is 316 g/mol. The largest absolute Gasteiger partial charge is 0.478 e. The van der Waals surface area contributed by atoms with Crippen LogP contribution in [0, 0.1) is 0 Å². The smallest absolute Gasteiger partial charge is 0.257 e. The van der Waals surface area contributed by atoms with E-state index >= 15 is 0 Å². The molecule has 1 aliphatic heterocycles. The van der Waals surface area contributed by atoms with E-state index in [2.05, 4.69) is 19.9 Å². The van der Waals surface area contributed by atoms with Gasteiger partial charge in [0.15, 0.2) is 5.82 Å². The van der Waals surface area contributed by atoms with Crippen LogP contribution in [0.5, 0.6) is 5.88 Å². The number of nitrogens with zero attached hydrogens (tertiary/aromatic N) is 6. The molecule has 1 fully saturated rings. The molecule has 0 bridgehead atoms. The summed E-state index contributed by atoms with van der Waals surface area (Å²) in [5, 5.41) is 0. The number of fused-ring (bicyclic) bond motifs is 2. The predicted octanol–water partition coefficient (Wildman–Crippen LogP) is 1.83. The zero-order valence-corrected chi connectivity index (χ0v) is 15.1. The maximum atomic E-state index is 5.42. The minimum atomic E-state index is 0.0732. The van der Waals surface area contributed by atoms with Gasteiger partial charge >= 0.3 is 0 Å². The first-order chi connectivity index (χ1) is 12.1. The Labute approximate surface area is 148 Å². The van der Waals surface area contributed by atoms with E-state index in [4.69, 9.17) is 9.72 Å². The van der Waals surface area contributed by atoms with Gasteiger partial charge in [0, 0.05) is 51.2 Å². The number of ether oxygens (including phenoxy) is 1. The first-order valence-electron chi connectivity index (χ1n) is 8.77. The summed E-state index contributed by atoms with van der Waals surface area (Å²) >= 11 is 0. The summed E-state index contributed by atoms with van der Waals surface area (Å²) in [6.07, 6.45) is 9.84. The van der Waals surface area contributed by atoms with Gasteiger partial charge in [-0.1, -0.05) is 0 Å². The van der Waals surface area contributed by atoms with E-state index in [1.54, 1.807) is 19.5 Å². The minimum Gasteiger partial charge on any atom is -0.478 e. The second kappa shape index (κ2) is 6.13. The summed E-state index contributed by atoms with van der Waals surface area (Å²) in [5.41, 5.74) is 2.58. The summed E-state index contributed by atoms with van der Waals surface area (Å²) in [4.78, 5) is 22.5. The average molecular weight is 340 g/mol. The van der Waals surface area contributed by atoms with Gasteiger partial charge in [-0.05, 0) is 31.2 Å². The van der Waals surface area contributed by atoms with Crippen LogP contribution < -0.4 is 14.5 Å². The Hall–Kier alpha value is -2.44. The molecule has 1 atom stereocenters.